The maximum atomic E-state index is 15.5. The molecule has 0 bridgehead atoms. The molecule has 4 aromatic carbocycles. The van der Waals surface area contributed by atoms with E-state index in [-0.39, 0.29) is 30.1 Å². The Balaban J connectivity index is 1.40. The number of fused-ring (bicyclic) bond motifs is 1. The average molecular weight is 906 g/mol. The van der Waals surface area contributed by atoms with Gasteiger partial charge >= 0.3 is 8.25 Å². The van der Waals surface area contributed by atoms with Crippen molar-refractivity contribution in [1.82, 2.24) is 29.3 Å². The minimum absolute atomic E-state index is 0.0798. The van der Waals surface area contributed by atoms with E-state index in [9.17, 15) is 4.57 Å². The molecule has 15 nitrogen and oxygen atoms in total. The summed E-state index contributed by atoms with van der Waals surface area (Å²) in [5.41, 5.74) is 8.07. The van der Waals surface area contributed by atoms with Crippen molar-refractivity contribution in [3.63, 3.8) is 0 Å². The van der Waals surface area contributed by atoms with Crippen molar-refractivity contribution >= 4 is 31.0 Å². The summed E-state index contributed by atoms with van der Waals surface area (Å²) in [5, 5.41) is 0. The van der Waals surface area contributed by atoms with Gasteiger partial charge in [0, 0.05) is 37.0 Å². The Kier molecular flexibility index (Phi) is 15.5. The molecular formula is C49H60N7O8P. The number of aromatic nitrogens is 4. The monoisotopic (exact) mass is 905 g/mol. The van der Waals surface area contributed by atoms with E-state index in [4.69, 9.17) is 33.7 Å². The van der Waals surface area contributed by atoms with E-state index in [0.717, 1.165) is 5.56 Å². The molecule has 0 spiro atoms. The van der Waals surface area contributed by atoms with Crippen molar-refractivity contribution in [3.05, 3.63) is 144 Å². The van der Waals surface area contributed by atoms with Gasteiger partial charge < -0.3 is 34.1 Å². The van der Waals surface area contributed by atoms with Crippen LogP contribution in [-0.2, 0) is 28.7 Å². The van der Waals surface area contributed by atoms with Gasteiger partial charge in [-0.2, -0.15) is 0 Å². The number of benzene rings is 4. The highest BCUT2D eigenvalue weighted by molar-refractivity contribution is 7.33. The Labute approximate surface area is 381 Å². The summed E-state index contributed by atoms with van der Waals surface area (Å²) in [4.78, 5) is 32.9. The lowest BCUT2D eigenvalue weighted by atomic mass is 9.79. The van der Waals surface area contributed by atoms with Crippen LogP contribution < -0.4 is 15.2 Å². The van der Waals surface area contributed by atoms with Crippen molar-refractivity contribution in [2.24, 2.45) is 0 Å². The first-order valence-electron chi connectivity index (χ1n) is 21.8. The fourth-order valence-corrected chi connectivity index (χ4v) is 9.71. The highest BCUT2D eigenvalue weighted by Crippen LogP contribution is 2.47. The quantitative estimate of drug-likeness (QED) is 0.0318. The number of anilines is 1. The largest absolute Gasteiger partial charge is 0.497 e. The van der Waals surface area contributed by atoms with Gasteiger partial charge in [0.25, 0.3) is 0 Å². The van der Waals surface area contributed by atoms with Crippen molar-refractivity contribution in [2.75, 3.05) is 40.6 Å². The lowest BCUT2D eigenvalue weighted by Crippen LogP contribution is -2.49. The van der Waals surface area contributed by atoms with Crippen molar-refractivity contribution < 1.29 is 37.4 Å². The van der Waals surface area contributed by atoms with Crippen LogP contribution in [0.15, 0.2) is 122 Å². The summed E-state index contributed by atoms with van der Waals surface area (Å²) in [6.45, 7) is 9.03. The third-order valence-corrected chi connectivity index (χ3v) is 12.7. The third kappa shape index (κ3) is 10.5. The van der Waals surface area contributed by atoms with Crippen molar-refractivity contribution in [2.45, 2.75) is 89.0 Å². The molecule has 2 N–H and O–H groups in total. The molecule has 344 valence electrons. The fourth-order valence-electron chi connectivity index (χ4n) is 8.72. The summed E-state index contributed by atoms with van der Waals surface area (Å²) < 4.78 is 55.2. The Morgan fingerprint density at radius 2 is 1.40 bits per heavy atom. The van der Waals surface area contributed by atoms with Crippen molar-refractivity contribution in [3.8, 4) is 11.5 Å². The second-order valence-corrected chi connectivity index (χ2v) is 17.8. The van der Waals surface area contributed by atoms with Crippen LogP contribution in [0.5, 0.6) is 11.5 Å². The first-order chi connectivity index (χ1) is 31.3. The molecule has 16 heteroatoms. The van der Waals surface area contributed by atoms with E-state index in [1.807, 2.05) is 99.0 Å². The summed E-state index contributed by atoms with van der Waals surface area (Å²) in [6, 6.07) is 33.9. The molecule has 6 atom stereocenters. The van der Waals surface area contributed by atoms with Crippen LogP contribution in [0, 0.1) is 0 Å². The number of rotatable bonds is 21. The molecule has 65 heavy (non-hydrogen) atoms. The zero-order valence-corrected chi connectivity index (χ0v) is 39.2. The van der Waals surface area contributed by atoms with Crippen LogP contribution in [0.3, 0.4) is 0 Å². The Morgan fingerprint density at radius 1 is 0.831 bits per heavy atom. The number of imidazole rings is 1. The molecule has 1 saturated heterocycles. The Bertz CT molecular complexity index is 2430. The number of methoxy groups -OCH3 is 2. The number of ketones is 1. The predicted octanol–water partition coefficient (Wildman–Crippen LogP) is 8.16. The number of hydrogen-bond acceptors (Lipinski definition) is 14. The highest BCUT2D eigenvalue weighted by Gasteiger charge is 2.51. The molecule has 1 aliphatic heterocycles. The predicted molar refractivity (Wildman–Crippen MR) is 250 cm³/mol. The van der Waals surface area contributed by atoms with E-state index in [2.05, 4.69) is 52.4 Å². The van der Waals surface area contributed by atoms with Gasteiger partial charge in [-0.25, -0.2) is 15.0 Å². The Hall–Kier alpha value is -5.51. The minimum atomic E-state index is -3.29. The van der Waals surface area contributed by atoms with Gasteiger partial charge in [-0.3, -0.25) is 23.4 Å². The van der Waals surface area contributed by atoms with Crippen molar-refractivity contribution in [1.29, 1.82) is 0 Å². The number of hydrogen-bond donors (Lipinski definition) is 1. The topological polar surface area (TPSA) is 166 Å². The average Bonchev–Trinajstić information content (AvgIpc) is 3.94. The minimum Gasteiger partial charge on any atom is -0.497 e. The number of nitrogen functional groups attached to an aromatic ring is 1. The SMILES string of the molecule is COc1ccc(C(OC(C(=O)c2ccccc2)[C@H]2O[C@@H](n3cnc4c(N)ncnc43)C[C@@H]2O[PH](=O)OC(CCN(C)C)N(C(C)C)C(C)C)(c2ccccc2)c2ccc(OC)cc2)cc1. The summed E-state index contributed by atoms with van der Waals surface area (Å²) in [6.07, 6.45) is -1.33. The molecule has 1 aliphatic rings. The van der Waals surface area contributed by atoms with Gasteiger partial charge in [0.1, 0.15) is 53.6 Å². The zero-order chi connectivity index (χ0) is 46.3. The second kappa shape index (κ2) is 21.2. The molecule has 1 fully saturated rings. The number of carbonyl (C=O) groups excluding carboxylic acids is 1. The summed E-state index contributed by atoms with van der Waals surface area (Å²) in [5.74, 6) is 1.09. The van der Waals surface area contributed by atoms with Gasteiger partial charge in [-0.1, -0.05) is 84.9 Å². The van der Waals surface area contributed by atoms with Gasteiger partial charge in [-0.15, -0.1) is 0 Å². The van der Waals surface area contributed by atoms with E-state index >= 15 is 4.79 Å². The highest BCUT2D eigenvalue weighted by atomic mass is 31.1. The van der Waals surface area contributed by atoms with E-state index in [1.54, 1.807) is 49.4 Å². The van der Waals surface area contributed by atoms with Gasteiger partial charge in [-0.05, 0) is 82.7 Å². The third-order valence-electron chi connectivity index (χ3n) is 11.7. The fraction of sp³-hybridized carbons (Fsp3) is 0.388. The molecular weight excluding hydrogens is 846 g/mol. The molecule has 0 saturated carbocycles. The van der Waals surface area contributed by atoms with Gasteiger partial charge in [0.05, 0.1) is 20.5 Å². The van der Waals surface area contributed by atoms with Crippen LogP contribution in [0.2, 0.25) is 0 Å². The molecule has 6 aromatic rings. The molecule has 0 aliphatic carbocycles. The first-order valence-corrected chi connectivity index (χ1v) is 23.1. The molecule has 0 amide bonds. The smallest absolute Gasteiger partial charge is 0.321 e. The second-order valence-electron chi connectivity index (χ2n) is 16.9. The van der Waals surface area contributed by atoms with E-state index < -0.39 is 44.6 Å². The molecule has 0 radical (unpaired) electrons. The molecule has 7 rings (SSSR count). The molecule has 3 heterocycles. The van der Waals surface area contributed by atoms with Crippen LogP contribution in [0.25, 0.3) is 11.2 Å². The maximum absolute atomic E-state index is 15.5. The van der Waals surface area contributed by atoms with Crippen LogP contribution >= 0.6 is 8.25 Å². The number of nitrogens with two attached hydrogens (primary N) is 1. The lowest BCUT2D eigenvalue weighted by molar-refractivity contribution is -0.125. The number of ether oxygens (including phenoxy) is 4. The van der Waals surface area contributed by atoms with E-state index in [0.29, 0.717) is 52.3 Å². The maximum Gasteiger partial charge on any atom is 0.321 e. The Morgan fingerprint density at radius 3 is 1.95 bits per heavy atom. The molecule has 2 aromatic heterocycles. The molecule has 3 unspecified atom stereocenters. The first kappa shape index (κ1) is 47.5. The summed E-state index contributed by atoms with van der Waals surface area (Å²) >= 11 is 0. The normalized spacial score (nSPS) is 18.1. The van der Waals surface area contributed by atoms with Gasteiger partial charge in [0.2, 0.25) is 0 Å². The number of carbonyl (C=O) groups is 1. The van der Waals surface area contributed by atoms with Crippen LogP contribution in [0.1, 0.15) is 73.8 Å². The van der Waals surface area contributed by atoms with E-state index in [1.165, 1.54) is 6.33 Å². The van der Waals surface area contributed by atoms with Crippen LogP contribution in [-0.4, -0.2) is 107 Å². The van der Waals surface area contributed by atoms with Gasteiger partial charge in [0.15, 0.2) is 23.4 Å². The standard InChI is InChI=1S/C49H60N7O8P/c1-32(2)56(33(3)4)41(27-28-54(5)6)64-65(58)63-40-29-42(55-31-53-43-47(50)51-30-52-48(43)55)61-45(40)46(44(57)34-15-11-9-12-16-34)62-49(35-17-13-10-14-18-35,36-19-23-38(59-7)24-20-36)37-21-25-39(60-8)26-22-37/h9-26,30-33,40-42,45-46,65H,27-29H2,1-8H3,(H2,50,51,52)/t40-,41?,42+,45-,46?/m0/s1. The summed E-state index contributed by atoms with van der Waals surface area (Å²) in [7, 11) is 3.90. The zero-order valence-electron chi connectivity index (χ0n) is 38.2. The van der Waals surface area contributed by atoms with Crippen LogP contribution in [0.4, 0.5) is 5.82 Å². The number of Topliss-reactive ketones (excluding diaryl/α,β-unsaturated/α-hetero) is 1. The lowest BCUT2D eigenvalue weighted by Gasteiger charge is -2.41. The number of nitrogens with zero attached hydrogens (tertiary/aromatic N) is 6.